The summed E-state index contributed by atoms with van der Waals surface area (Å²) < 4.78 is 7.16. The summed E-state index contributed by atoms with van der Waals surface area (Å²) in [4.78, 5) is 17.0. The van der Waals surface area contributed by atoms with Crippen LogP contribution in [0.3, 0.4) is 0 Å². The maximum atomic E-state index is 12.9. The summed E-state index contributed by atoms with van der Waals surface area (Å²) in [6, 6.07) is 8.81. The maximum Gasteiger partial charge on any atom is 0.271 e. The fourth-order valence-electron chi connectivity index (χ4n) is 3.81. The van der Waals surface area contributed by atoms with E-state index in [1.54, 1.807) is 43.1 Å². The normalized spacial score (nSPS) is 15.9. The average Bonchev–Trinajstić information content (AvgIpc) is 3.10. The predicted molar refractivity (Wildman–Crippen MR) is 119 cm³/mol. The first-order chi connectivity index (χ1) is 14.8. The quantitative estimate of drug-likeness (QED) is 0.538. The van der Waals surface area contributed by atoms with Gasteiger partial charge >= 0.3 is 0 Å². The van der Waals surface area contributed by atoms with Crippen LogP contribution in [0, 0.1) is 0 Å². The number of pyridine rings is 1. The summed E-state index contributed by atoms with van der Waals surface area (Å²) in [5.74, 6) is 0.220. The number of ether oxygens (including phenoxy) is 1. The molecule has 3 aromatic rings. The number of rotatable bonds is 6. The lowest BCUT2D eigenvalue weighted by Gasteiger charge is -2.30. The van der Waals surface area contributed by atoms with Gasteiger partial charge in [0.05, 0.1) is 35.2 Å². The van der Waals surface area contributed by atoms with Crippen LogP contribution < -0.4 is 15.4 Å². The van der Waals surface area contributed by atoms with Crippen LogP contribution in [0.4, 0.5) is 11.4 Å². The molecule has 8 nitrogen and oxygen atoms in total. The van der Waals surface area contributed by atoms with Gasteiger partial charge in [-0.2, -0.15) is 5.10 Å². The van der Waals surface area contributed by atoms with Gasteiger partial charge in [0.25, 0.3) is 5.91 Å². The Hall–Kier alpha value is -3.10. The predicted octanol–water partition coefficient (Wildman–Crippen LogP) is 3.80. The first kappa shape index (κ1) is 21.1. The molecule has 162 valence electrons. The van der Waals surface area contributed by atoms with Crippen molar-refractivity contribution >= 4 is 28.9 Å². The van der Waals surface area contributed by atoms with Crippen molar-refractivity contribution in [2.24, 2.45) is 0 Å². The van der Waals surface area contributed by atoms with Crippen molar-refractivity contribution in [2.45, 2.75) is 31.9 Å². The second-order valence-corrected chi connectivity index (χ2v) is 8.49. The largest absolute Gasteiger partial charge is 0.493 e. The van der Waals surface area contributed by atoms with Crippen LogP contribution in [0.5, 0.6) is 5.75 Å². The molecule has 0 unspecified atom stereocenters. The molecular weight excluding hydrogens is 418 g/mol. The first-order valence-electron chi connectivity index (χ1n) is 9.91. The molecule has 1 atom stereocenters. The molecule has 0 spiro atoms. The highest BCUT2D eigenvalue weighted by atomic mass is 35.5. The van der Waals surface area contributed by atoms with E-state index in [0.29, 0.717) is 46.5 Å². The van der Waals surface area contributed by atoms with Gasteiger partial charge in [0.15, 0.2) is 11.4 Å². The number of aliphatic hydroxyl groups is 1. The third kappa shape index (κ3) is 4.22. The summed E-state index contributed by atoms with van der Waals surface area (Å²) >= 11 is 6.29. The summed E-state index contributed by atoms with van der Waals surface area (Å²) in [5, 5.41) is 21.9. The van der Waals surface area contributed by atoms with Gasteiger partial charge in [0, 0.05) is 24.5 Å². The summed E-state index contributed by atoms with van der Waals surface area (Å²) in [7, 11) is 1.54. The molecule has 1 amide bonds. The number of nitrogens with one attached hydrogen (secondary N) is 2. The van der Waals surface area contributed by atoms with Gasteiger partial charge in [-0.05, 0) is 44.5 Å². The van der Waals surface area contributed by atoms with Gasteiger partial charge in [0.2, 0.25) is 0 Å². The van der Waals surface area contributed by atoms with Gasteiger partial charge < -0.3 is 20.5 Å². The van der Waals surface area contributed by atoms with Crippen LogP contribution in [-0.4, -0.2) is 45.0 Å². The molecule has 0 saturated carbocycles. The summed E-state index contributed by atoms with van der Waals surface area (Å²) in [6.45, 7) is 3.87. The van der Waals surface area contributed by atoms with Gasteiger partial charge in [-0.25, -0.2) is 0 Å². The SMILES string of the molecule is COc1c(Cl)cccc1Nc1c(-c2ccncc2)nn2c1C(=O)NC[C@@H]2CC(C)(C)O. The number of amides is 1. The molecule has 3 N–H and O–H groups in total. The molecule has 0 aliphatic carbocycles. The lowest BCUT2D eigenvalue weighted by atomic mass is 9.98. The van der Waals surface area contributed by atoms with E-state index in [0.717, 1.165) is 5.56 Å². The van der Waals surface area contributed by atoms with E-state index in [9.17, 15) is 9.90 Å². The van der Waals surface area contributed by atoms with Crippen molar-refractivity contribution in [3.63, 3.8) is 0 Å². The first-order valence-corrected chi connectivity index (χ1v) is 10.3. The number of nitrogens with zero attached hydrogens (tertiary/aromatic N) is 3. The number of carbonyl (C=O) groups is 1. The van der Waals surface area contributed by atoms with Crippen LogP contribution in [0.2, 0.25) is 5.02 Å². The lowest BCUT2D eigenvalue weighted by molar-refractivity contribution is 0.0482. The topological polar surface area (TPSA) is 101 Å². The number of benzene rings is 1. The molecule has 0 saturated heterocycles. The van der Waals surface area contributed by atoms with Crippen molar-refractivity contribution in [3.8, 4) is 17.0 Å². The Morgan fingerprint density at radius 1 is 1.32 bits per heavy atom. The van der Waals surface area contributed by atoms with Gasteiger partial charge in [-0.3, -0.25) is 14.5 Å². The van der Waals surface area contributed by atoms with Crippen molar-refractivity contribution in [1.29, 1.82) is 0 Å². The van der Waals surface area contributed by atoms with Gasteiger partial charge in [0.1, 0.15) is 5.69 Å². The second kappa shape index (κ2) is 8.20. The molecule has 0 radical (unpaired) electrons. The smallest absolute Gasteiger partial charge is 0.271 e. The molecule has 0 bridgehead atoms. The molecule has 4 rings (SSSR count). The fraction of sp³-hybridized carbons (Fsp3) is 0.318. The van der Waals surface area contributed by atoms with Crippen LogP contribution in [0.25, 0.3) is 11.3 Å². The maximum absolute atomic E-state index is 12.9. The molecular formula is C22H24ClN5O3. The number of hydrogen-bond acceptors (Lipinski definition) is 6. The molecule has 31 heavy (non-hydrogen) atoms. The van der Waals surface area contributed by atoms with Crippen molar-refractivity contribution < 1.29 is 14.6 Å². The van der Waals surface area contributed by atoms with Crippen molar-refractivity contribution in [1.82, 2.24) is 20.1 Å². The number of hydrogen-bond donors (Lipinski definition) is 3. The monoisotopic (exact) mass is 441 g/mol. The fourth-order valence-corrected chi connectivity index (χ4v) is 4.06. The molecule has 1 aromatic carbocycles. The molecule has 0 fully saturated rings. The number of anilines is 2. The van der Waals surface area contributed by atoms with Crippen molar-refractivity contribution in [3.05, 3.63) is 53.4 Å². The van der Waals surface area contributed by atoms with E-state index >= 15 is 0 Å². The van der Waals surface area contributed by atoms with Crippen LogP contribution >= 0.6 is 11.6 Å². The lowest BCUT2D eigenvalue weighted by Crippen LogP contribution is -2.42. The highest BCUT2D eigenvalue weighted by molar-refractivity contribution is 6.32. The third-order valence-electron chi connectivity index (χ3n) is 5.09. The summed E-state index contributed by atoms with van der Waals surface area (Å²) in [5.41, 5.74) is 2.00. The molecule has 2 aromatic heterocycles. The zero-order valence-electron chi connectivity index (χ0n) is 17.5. The number of halogens is 1. The van der Waals surface area contributed by atoms with Crippen molar-refractivity contribution in [2.75, 3.05) is 19.0 Å². The van der Waals surface area contributed by atoms with Crippen LogP contribution in [0.1, 0.15) is 36.8 Å². The highest BCUT2D eigenvalue weighted by Crippen LogP contribution is 2.40. The minimum Gasteiger partial charge on any atom is -0.493 e. The van der Waals surface area contributed by atoms with E-state index in [-0.39, 0.29) is 11.9 Å². The molecule has 1 aliphatic rings. The van der Waals surface area contributed by atoms with Gasteiger partial charge in [-0.1, -0.05) is 17.7 Å². The third-order valence-corrected chi connectivity index (χ3v) is 5.39. The van der Waals surface area contributed by atoms with Crippen LogP contribution in [0.15, 0.2) is 42.7 Å². The van der Waals surface area contributed by atoms with Crippen LogP contribution in [-0.2, 0) is 0 Å². The summed E-state index contributed by atoms with van der Waals surface area (Å²) in [6.07, 6.45) is 3.77. The zero-order chi connectivity index (χ0) is 22.2. The van der Waals surface area contributed by atoms with E-state index < -0.39 is 5.60 Å². The average molecular weight is 442 g/mol. The van der Waals surface area contributed by atoms with E-state index in [2.05, 4.69) is 15.6 Å². The Bertz CT molecular complexity index is 1110. The Labute approximate surface area is 185 Å². The number of para-hydroxylation sites is 1. The highest BCUT2D eigenvalue weighted by Gasteiger charge is 2.35. The van der Waals surface area contributed by atoms with E-state index in [4.69, 9.17) is 21.4 Å². The Morgan fingerprint density at radius 3 is 2.74 bits per heavy atom. The minimum atomic E-state index is -0.920. The zero-order valence-corrected chi connectivity index (χ0v) is 18.3. The van der Waals surface area contributed by atoms with E-state index in [1.807, 2.05) is 18.2 Å². The number of aromatic nitrogens is 3. The van der Waals surface area contributed by atoms with E-state index in [1.165, 1.54) is 7.11 Å². The number of carbonyl (C=O) groups excluding carboxylic acids is 1. The standard InChI is InChI=1S/C22H24ClN5O3/c1-22(2,30)11-14-12-25-21(29)19-18(26-16-6-4-5-15(23)20(16)31-3)17(27-28(14)19)13-7-9-24-10-8-13/h4-10,14,26,30H,11-12H2,1-3H3,(H,25,29)/t14-/m0/s1. The Kier molecular flexibility index (Phi) is 5.60. The number of fused-ring (bicyclic) bond motifs is 1. The Morgan fingerprint density at radius 2 is 2.06 bits per heavy atom. The Balaban J connectivity index is 1.89. The molecule has 3 heterocycles. The molecule has 9 heteroatoms. The minimum absolute atomic E-state index is 0.204. The number of methoxy groups -OCH3 is 1. The second-order valence-electron chi connectivity index (χ2n) is 8.08. The molecule has 1 aliphatic heterocycles. The van der Waals surface area contributed by atoms with Gasteiger partial charge in [-0.15, -0.1) is 0 Å².